The van der Waals surface area contributed by atoms with Crippen molar-refractivity contribution in [1.82, 2.24) is 9.62 Å². The molecule has 2 amide bonds. The van der Waals surface area contributed by atoms with E-state index in [9.17, 15) is 18.0 Å². The fraction of sp³-hybridized carbons (Fsp3) is 0.176. The molecule has 0 aromatic heterocycles. The molecule has 26 heavy (non-hydrogen) atoms. The molecule has 7 nitrogen and oxygen atoms in total. The minimum Gasteiger partial charge on any atom is -0.439 e. The number of carbonyl (C=O) groups excluding carboxylic acids is 2. The number of nitrogens with one attached hydrogen (secondary N) is 1. The SMILES string of the molecule is O=C1COC(=O)N1CC(NS(=O)(=O)c1ccccc1Br)c1ccccc1. The highest BCUT2D eigenvalue weighted by molar-refractivity contribution is 9.10. The zero-order valence-electron chi connectivity index (χ0n) is 13.5. The molecule has 0 radical (unpaired) electrons. The summed E-state index contributed by atoms with van der Waals surface area (Å²) in [6.45, 7) is -0.497. The highest BCUT2D eigenvalue weighted by atomic mass is 79.9. The van der Waals surface area contributed by atoms with E-state index in [-0.39, 0.29) is 18.0 Å². The van der Waals surface area contributed by atoms with Gasteiger partial charge in [-0.2, -0.15) is 0 Å². The first-order valence-corrected chi connectivity index (χ1v) is 9.95. The molecule has 1 saturated heterocycles. The number of nitrogens with zero attached hydrogens (tertiary/aromatic N) is 1. The molecule has 1 atom stereocenters. The third-order valence-electron chi connectivity index (χ3n) is 3.83. The van der Waals surface area contributed by atoms with Gasteiger partial charge in [0.1, 0.15) is 0 Å². The van der Waals surface area contributed by atoms with Gasteiger partial charge in [-0.3, -0.25) is 4.79 Å². The van der Waals surface area contributed by atoms with Crippen LogP contribution >= 0.6 is 15.9 Å². The van der Waals surface area contributed by atoms with Crippen molar-refractivity contribution in [1.29, 1.82) is 0 Å². The van der Waals surface area contributed by atoms with Gasteiger partial charge in [0.25, 0.3) is 5.91 Å². The van der Waals surface area contributed by atoms with Crippen LogP contribution in [0.2, 0.25) is 0 Å². The predicted octanol–water partition coefficient (Wildman–Crippen LogP) is 2.45. The summed E-state index contributed by atoms with van der Waals surface area (Å²) in [6.07, 6.45) is -0.781. The number of benzene rings is 2. The Balaban J connectivity index is 1.93. The Labute approximate surface area is 159 Å². The van der Waals surface area contributed by atoms with Gasteiger partial charge >= 0.3 is 6.09 Å². The van der Waals surface area contributed by atoms with Gasteiger partial charge in [0.05, 0.1) is 17.5 Å². The van der Waals surface area contributed by atoms with E-state index in [0.29, 0.717) is 10.0 Å². The summed E-state index contributed by atoms with van der Waals surface area (Å²) in [6, 6.07) is 14.3. The minimum absolute atomic E-state index is 0.0660. The number of cyclic esters (lactones) is 1. The van der Waals surface area contributed by atoms with Crippen molar-refractivity contribution in [3.63, 3.8) is 0 Å². The van der Waals surface area contributed by atoms with Gasteiger partial charge in [-0.1, -0.05) is 42.5 Å². The van der Waals surface area contributed by atoms with Crippen LogP contribution in [0, 0.1) is 0 Å². The lowest BCUT2D eigenvalue weighted by molar-refractivity contribution is -0.126. The van der Waals surface area contributed by atoms with Gasteiger partial charge in [-0.15, -0.1) is 0 Å². The number of carbonyl (C=O) groups is 2. The Bertz CT molecular complexity index is 917. The monoisotopic (exact) mass is 438 g/mol. The summed E-state index contributed by atoms with van der Waals surface area (Å²) < 4.78 is 33.3. The van der Waals surface area contributed by atoms with E-state index in [4.69, 9.17) is 4.74 Å². The van der Waals surface area contributed by atoms with Crippen molar-refractivity contribution < 1.29 is 22.7 Å². The molecule has 3 rings (SSSR count). The van der Waals surface area contributed by atoms with Crippen LogP contribution in [0.4, 0.5) is 4.79 Å². The molecule has 2 aromatic rings. The summed E-state index contributed by atoms with van der Waals surface area (Å²) in [5, 5.41) is 0. The van der Waals surface area contributed by atoms with E-state index in [0.717, 1.165) is 4.90 Å². The van der Waals surface area contributed by atoms with Crippen molar-refractivity contribution in [2.75, 3.05) is 13.2 Å². The van der Waals surface area contributed by atoms with Gasteiger partial charge in [0.15, 0.2) is 6.61 Å². The maximum Gasteiger partial charge on any atom is 0.417 e. The van der Waals surface area contributed by atoms with Crippen LogP contribution in [-0.2, 0) is 19.6 Å². The third kappa shape index (κ3) is 3.95. The number of hydrogen-bond acceptors (Lipinski definition) is 5. The number of imide groups is 1. The van der Waals surface area contributed by atoms with Crippen LogP contribution in [0.15, 0.2) is 64.0 Å². The van der Waals surface area contributed by atoms with Gasteiger partial charge in [-0.25, -0.2) is 22.8 Å². The van der Waals surface area contributed by atoms with Gasteiger partial charge in [-0.05, 0) is 33.6 Å². The number of ether oxygens (including phenoxy) is 1. The highest BCUT2D eigenvalue weighted by Gasteiger charge is 2.35. The second-order valence-electron chi connectivity index (χ2n) is 5.57. The topological polar surface area (TPSA) is 92.8 Å². The fourth-order valence-corrected chi connectivity index (χ4v) is 4.77. The van der Waals surface area contributed by atoms with E-state index in [1.807, 2.05) is 0 Å². The number of rotatable bonds is 6. The maximum atomic E-state index is 12.8. The second-order valence-corrected chi connectivity index (χ2v) is 8.11. The average Bonchev–Trinajstić information content (AvgIpc) is 2.94. The van der Waals surface area contributed by atoms with E-state index in [2.05, 4.69) is 20.7 Å². The smallest absolute Gasteiger partial charge is 0.417 e. The first-order chi connectivity index (χ1) is 12.4. The third-order valence-corrected chi connectivity index (χ3v) is 6.32. The normalized spacial score (nSPS) is 15.8. The van der Waals surface area contributed by atoms with Crippen molar-refractivity contribution in [3.8, 4) is 0 Å². The summed E-state index contributed by atoms with van der Waals surface area (Å²) in [7, 11) is -3.90. The Morgan fingerprint density at radius 3 is 2.35 bits per heavy atom. The first-order valence-electron chi connectivity index (χ1n) is 7.67. The van der Waals surface area contributed by atoms with E-state index in [1.54, 1.807) is 48.5 Å². The molecule has 1 fully saturated rings. The van der Waals surface area contributed by atoms with Gasteiger partial charge in [0.2, 0.25) is 10.0 Å². The lowest BCUT2D eigenvalue weighted by Gasteiger charge is -2.23. The maximum absolute atomic E-state index is 12.8. The number of hydrogen-bond donors (Lipinski definition) is 1. The molecule has 0 aliphatic carbocycles. The summed E-state index contributed by atoms with van der Waals surface area (Å²) >= 11 is 3.23. The summed E-state index contributed by atoms with van der Waals surface area (Å²) in [4.78, 5) is 24.5. The molecule has 1 N–H and O–H groups in total. The summed E-state index contributed by atoms with van der Waals surface area (Å²) in [5.74, 6) is -0.504. The lowest BCUT2D eigenvalue weighted by atomic mass is 10.1. The number of halogens is 1. The van der Waals surface area contributed by atoms with E-state index >= 15 is 0 Å². The second kappa shape index (κ2) is 7.56. The van der Waals surface area contributed by atoms with Crippen LogP contribution < -0.4 is 4.72 Å². The molecule has 1 heterocycles. The molecule has 0 saturated carbocycles. The summed E-state index contributed by atoms with van der Waals surface area (Å²) in [5.41, 5.74) is 0.621. The van der Waals surface area contributed by atoms with Crippen molar-refractivity contribution >= 4 is 38.0 Å². The fourth-order valence-electron chi connectivity index (χ4n) is 2.55. The van der Waals surface area contributed by atoms with E-state index in [1.165, 1.54) is 6.07 Å². The van der Waals surface area contributed by atoms with Gasteiger partial charge < -0.3 is 4.74 Å². The van der Waals surface area contributed by atoms with E-state index < -0.39 is 28.1 Å². The van der Waals surface area contributed by atoms with Crippen LogP contribution in [0.5, 0.6) is 0 Å². The standard InChI is InChI=1S/C17H15BrN2O5S/c18-13-8-4-5-9-15(13)26(23,24)19-14(12-6-2-1-3-7-12)10-20-16(21)11-25-17(20)22/h1-9,14,19H,10-11H2. The van der Waals surface area contributed by atoms with Crippen LogP contribution in [-0.4, -0.2) is 38.5 Å². The molecular formula is C17H15BrN2O5S. The molecule has 2 aromatic carbocycles. The molecule has 9 heteroatoms. The quantitative estimate of drug-likeness (QED) is 0.747. The van der Waals surface area contributed by atoms with Crippen LogP contribution in [0.1, 0.15) is 11.6 Å². The Kier molecular flexibility index (Phi) is 5.40. The Morgan fingerprint density at radius 1 is 1.08 bits per heavy atom. The zero-order chi connectivity index (χ0) is 18.7. The molecular weight excluding hydrogens is 424 g/mol. The molecule has 1 unspecified atom stereocenters. The molecule has 0 bridgehead atoms. The molecule has 1 aliphatic heterocycles. The predicted molar refractivity (Wildman–Crippen MR) is 96.7 cm³/mol. The largest absolute Gasteiger partial charge is 0.439 e. The van der Waals surface area contributed by atoms with Crippen molar-refractivity contribution in [2.45, 2.75) is 10.9 Å². The average molecular weight is 439 g/mol. The zero-order valence-corrected chi connectivity index (χ0v) is 15.9. The molecule has 1 aliphatic rings. The lowest BCUT2D eigenvalue weighted by Crippen LogP contribution is -2.40. The minimum atomic E-state index is -3.90. The molecule has 0 spiro atoms. The van der Waals surface area contributed by atoms with Crippen molar-refractivity contribution in [3.05, 3.63) is 64.6 Å². The Hall–Kier alpha value is -2.23. The van der Waals surface area contributed by atoms with Crippen LogP contribution in [0.3, 0.4) is 0 Å². The van der Waals surface area contributed by atoms with Crippen molar-refractivity contribution in [2.24, 2.45) is 0 Å². The van der Waals surface area contributed by atoms with Gasteiger partial charge in [0, 0.05) is 4.47 Å². The molecule has 136 valence electrons. The number of sulfonamides is 1. The first kappa shape index (κ1) is 18.6. The van der Waals surface area contributed by atoms with Crippen LogP contribution in [0.25, 0.3) is 0 Å². The Morgan fingerprint density at radius 2 is 1.73 bits per heavy atom. The highest BCUT2D eigenvalue weighted by Crippen LogP contribution is 2.25. The number of amides is 2.